The molecule has 0 saturated carbocycles. The van der Waals surface area contributed by atoms with E-state index in [1.165, 1.54) is 7.11 Å². The van der Waals surface area contributed by atoms with Crippen LogP contribution in [0.4, 0.5) is 0 Å². The van der Waals surface area contributed by atoms with Crippen molar-refractivity contribution < 1.29 is 13.2 Å². The van der Waals surface area contributed by atoms with Crippen LogP contribution in [0.15, 0.2) is 60.0 Å². The number of hydrogen-bond acceptors (Lipinski definition) is 3. The summed E-state index contributed by atoms with van der Waals surface area (Å²) >= 11 is 6.01. The third kappa shape index (κ3) is 5.18. The number of ether oxygens (including phenoxy) is 1. The highest BCUT2D eigenvalue weighted by molar-refractivity contribution is 7.92. The number of benzene rings is 2. The molecule has 1 atom stereocenters. The molecule has 0 fully saturated rings. The lowest BCUT2D eigenvalue weighted by Crippen LogP contribution is -2.39. The van der Waals surface area contributed by atoms with Crippen molar-refractivity contribution in [2.75, 3.05) is 13.7 Å². The van der Waals surface area contributed by atoms with Gasteiger partial charge in [0.15, 0.2) is 0 Å². The predicted molar refractivity (Wildman–Crippen MR) is 98.2 cm³/mol. The second kappa shape index (κ2) is 7.94. The average molecular weight is 366 g/mol. The quantitative estimate of drug-likeness (QED) is 0.812. The van der Waals surface area contributed by atoms with Gasteiger partial charge in [-0.1, -0.05) is 54.1 Å². The third-order valence-corrected chi connectivity index (χ3v) is 5.01. The molecule has 0 saturated heterocycles. The normalized spacial score (nSPS) is 14.6. The molecule has 1 unspecified atom stereocenters. The Labute approximate surface area is 148 Å². The number of methoxy groups -OCH3 is 1. The van der Waals surface area contributed by atoms with Crippen LogP contribution >= 0.6 is 11.6 Å². The Bertz CT molecular complexity index is 806. The maximum atomic E-state index is 12.2. The molecule has 2 aromatic carbocycles. The van der Waals surface area contributed by atoms with Crippen molar-refractivity contribution >= 4 is 27.7 Å². The van der Waals surface area contributed by atoms with Crippen molar-refractivity contribution in [2.45, 2.75) is 12.5 Å². The summed E-state index contributed by atoms with van der Waals surface area (Å²) in [7, 11) is -2.05. The molecule has 0 aliphatic heterocycles. The fraction of sp³-hybridized carbons (Fsp3) is 0.222. The van der Waals surface area contributed by atoms with E-state index in [0.29, 0.717) is 5.02 Å². The van der Waals surface area contributed by atoms with Gasteiger partial charge in [0.1, 0.15) is 5.60 Å². The SMILES string of the molecule is COC(C)(CNS(=O)(=O)/C=C/c1ccccc1)c1cccc(Cl)c1. The van der Waals surface area contributed by atoms with Gasteiger partial charge in [0, 0.05) is 24.1 Å². The summed E-state index contributed by atoms with van der Waals surface area (Å²) in [5.74, 6) is 0. The first-order chi connectivity index (χ1) is 11.3. The second-order valence-electron chi connectivity index (χ2n) is 5.52. The monoisotopic (exact) mass is 365 g/mol. The van der Waals surface area contributed by atoms with Gasteiger partial charge in [-0.15, -0.1) is 0 Å². The molecule has 0 spiro atoms. The van der Waals surface area contributed by atoms with Crippen molar-refractivity contribution in [2.24, 2.45) is 0 Å². The molecule has 0 aliphatic carbocycles. The number of sulfonamides is 1. The molecule has 0 aliphatic rings. The Morgan fingerprint density at radius 3 is 2.50 bits per heavy atom. The minimum Gasteiger partial charge on any atom is -0.372 e. The molecule has 0 aromatic heterocycles. The molecular formula is C18H20ClNO3S. The summed E-state index contributed by atoms with van der Waals surface area (Å²) in [6.45, 7) is 1.90. The maximum absolute atomic E-state index is 12.2. The smallest absolute Gasteiger partial charge is 0.233 e. The first-order valence-corrected chi connectivity index (χ1v) is 9.31. The average Bonchev–Trinajstić information content (AvgIpc) is 2.59. The van der Waals surface area contributed by atoms with E-state index in [2.05, 4.69) is 4.72 Å². The van der Waals surface area contributed by atoms with Gasteiger partial charge in [-0.25, -0.2) is 13.1 Å². The zero-order valence-electron chi connectivity index (χ0n) is 13.6. The van der Waals surface area contributed by atoms with Crippen molar-refractivity contribution in [3.63, 3.8) is 0 Å². The minimum atomic E-state index is -3.58. The topological polar surface area (TPSA) is 55.4 Å². The molecule has 6 heteroatoms. The van der Waals surface area contributed by atoms with E-state index in [-0.39, 0.29) is 6.54 Å². The van der Waals surface area contributed by atoms with Gasteiger partial charge in [0.2, 0.25) is 10.0 Å². The van der Waals surface area contributed by atoms with Crippen LogP contribution in [0, 0.1) is 0 Å². The summed E-state index contributed by atoms with van der Waals surface area (Å²) in [5, 5.41) is 1.72. The molecule has 4 nitrogen and oxygen atoms in total. The lowest BCUT2D eigenvalue weighted by molar-refractivity contribution is 0.00705. The first-order valence-electron chi connectivity index (χ1n) is 7.39. The molecule has 0 radical (unpaired) electrons. The van der Waals surface area contributed by atoms with E-state index in [1.807, 2.05) is 43.3 Å². The summed E-state index contributed by atoms with van der Waals surface area (Å²) < 4.78 is 32.5. The van der Waals surface area contributed by atoms with E-state index >= 15 is 0 Å². The molecule has 24 heavy (non-hydrogen) atoms. The van der Waals surface area contributed by atoms with Crippen LogP contribution in [-0.2, 0) is 20.4 Å². The van der Waals surface area contributed by atoms with E-state index in [0.717, 1.165) is 16.5 Å². The Morgan fingerprint density at radius 2 is 1.88 bits per heavy atom. The van der Waals surface area contributed by atoms with Gasteiger partial charge < -0.3 is 4.74 Å². The van der Waals surface area contributed by atoms with Gasteiger partial charge >= 0.3 is 0 Å². The Morgan fingerprint density at radius 1 is 1.17 bits per heavy atom. The van der Waals surface area contributed by atoms with Gasteiger partial charge in [-0.05, 0) is 36.3 Å². The van der Waals surface area contributed by atoms with E-state index in [4.69, 9.17) is 16.3 Å². The van der Waals surface area contributed by atoms with Crippen LogP contribution in [0.1, 0.15) is 18.1 Å². The van der Waals surface area contributed by atoms with Gasteiger partial charge in [0.05, 0.1) is 0 Å². The van der Waals surface area contributed by atoms with Crippen LogP contribution in [0.2, 0.25) is 5.02 Å². The predicted octanol–water partition coefficient (Wildman–Crippen LogP) is 3.79. The van der Waals surface area contributed by atoms with Gasteiger partial charge in [-0.2, -0.15) is 0 Å². The van der Waals surface area contributed by atoms with Crippen LogP contribution in [0.3, 0.4) is 0 Å². The summed E-state index contributed by atoms with van der Waals surface area (Å²) in [6, 6.07) is 16.4. The zero-order chi connectivity index (χ0) is 17.6. The van der Waals surface area contributed by atoms with Gasteiger partial charge in [0.25, 0.3) is 0 Å². The molecule has 2 rings (SSSR count). The molecule has 128 valence electrons. The summed E-state index contributed by atoms with van der Waals surface area (Å²) in [5.41, 5.74) is 0.790. The first kappa shape index (κ1) is 18.7. The fourth-order valence-corrected chi connectivity index (χ4v) is 3.23. The van der Waals surface area contributed by atoms with Crippen LogP contribution in [0.5, 0.6) is 0 Å². The molecule has 2 aromatic rings. The Kier molecular flexibility index (Phi) is 6.18. The molecule has 0 amide bonds. The zero-order valence-corrected chi connectivity index (χ0v) is 15.1. The summed E-state index contributed by atoms with van der Waals surface area (Å²) in [6.07, 6.45) is 1.55. The van der Waals surface area contributed by atoms with E-state index < -0.39 is 15.6 Å². The highest BCUT2D eigenvalue weighted by Crippen LogP contribution is 2.26. The molecule has 1 N–H and O–H groups in total. The Hall–Kier alpha value is -1.66. The van der Waals surface area contributed by atoms with Crippen molar-refractivity contribution in [1.29, 1.82) is 0 Å². The molecule has 0 bridgehead atoms. The Balaban J connectivity index is 2.10. The van der Waals surface area contributed by atoms with Crippen LogP contribution in [-0.4, -0.2) is 22.1 Å². The highest BCUT2D eigenvalue weighted by atomic mass is 35.5. The van der Waals surface area contributed by atoms with Crippen LogP contribution in [0.25, 0.3) is 6.08 Å². The highest BCUT2D eigenvalue weighted by Gasteiger charge is 2.28. The van der Waals surface area contributed by atoms with Crippen LogP contribution < -0.4 is 4.72 Å². The minimum absolute atomic E-state index is 0.0886. The van der Waals surface area contributed by atoms with E-state index in [1.54, 1.807) is 24.3 Å². The molecular weight excluding hydrogens is 346 g/mol. The lowest BCUT2D eigenvalue weighted by Gasteiger charge is -2.28. The largest absolute Gasteiger partial charge is 0.372 e. The number of rotatable bonds is 7. The van der Waals surface area contributed by atoms with Crippen molar-refractivity contribution in [3.05, 3.63) is 76.2 Å². The van der Waals surface area contributed by atoms with Crippen molar-refractivity contribution in [3.8, 4) is 0 Å². The summed E-state index contributed by atoms with van der Waals surface area (Å²) in [4.78, 5) is 0. The maximum Gasteiger partial charge on any atom is 0.233 e. The second-order valence-corrected chi connectivity index (χ2v) is 7.61. The number of hydrogen-bond donors (Lipinski definition) is 1. The third-order valence-electron chi connectivity index (χ3n) is 3.74. The van der Waals surface area contributed by atoms with Gasteiger partial charge in [-0.3, -0.25) is 0 Å². The molecule has 0 heterocycles. The number of halogens is 1. The van der Waals surface area contributed by atoms with E-state index in [9.17, 15) is 8.42 Å². The number of nitrogens with one attached hydrogen (secondary N) is 1. The lowest BCUT2D eigenvalue weighted by atomic mass is 9.96. The fourth-order valence-electron chi connectivity index (χ4n) is 2.13. The van der Waals surface area contributed by atoms with Crippen molar-refractivity contribution in [1.82, 2.24) is 4.72 Å². The standard InChI is InChI=1S/C18H20ClNO3S/c1-18(23-2,16-9-6-10-17(19)13-16)14-20-24(21,22)12-11-15-7-4-3-5-8-15/h3-13,20H,14H2,1-2H3/b12-11+.